The van der Waals surface area contributed by atoms with Crippen molar-refractivity contribution < 1.29 is 8.83 Å². The molecule has 0 aliphatic carbocycles. The number of fused-ring (bicyclic) bond motifs is 9. The molecule has 258 valence electrons. The Bertz CT molecular complexity index is 3120. The van der Waals surface area contributed by atoms with Crippen LogP contribution in [0.25, 0.3) is 88.0 Å². The molecule has 3 nitrogen and oxygen atoms in total. The van der Waals surface area contributed by atoms with Gasteiger partial charge in [-0.05, 0) is 87.3 Å². The van der Waals surface area contributed by atoms with Gasteiger partial charge in [0.2, 0.25) is 0 Å². The summed E-state index contributed by atoms with van der Waals surface area (Å²) in [6.07, 6.45) is 0. The fraction of sp³-hybridized carbons (Fsp3) is 0. The molecular formula is C52H33NO2. The number of benzene rings is 9. The van der Waals surface area contributed by atoms with Gasteiger partial charge in [0.1, 0.15) is 22.3 Å². The molecule has 0 atom stereocenters. The van der Waals surface area contributed by atoms with E-state index in [1.165, 1.54) is 11.1 Å². The Balaban J connectivity index is 1.21. The van der Waals surface area contributed by atoms with Crippen molar-refractivity contribution in [2.24, 2.45) is 0 Å². The third kappa shape index (κ3) is 5.20. The standard InChI is InChI=1S/C52H33NO2/c1-4-14-34(15-5-1)37-24-26-40(27-25-37)53(41-31-38(35-16-6-2-7-17-35)30-39(32-41)36-18-8-3-9-19-36)45-33-49-50(43-21-11-10-20-42(43)45)52-48(55-49)29-28-47-51(52)44-22-12-13-23-46(44)54-47/h1-33H. The van der Waals surface area contributed by atoms with Gasteiger partial charge in [-0.25, -0.2) is 0 Å². The van der Waals surface area contributed by atoms with E-state index in [1.807, 2.05) is 24.3 Å². The van der Waals surface area contributed by atoms with Crippen LogP contribution in [-0.2, 0) is 0 Å². The predicted octanol–water partition coefficient (Wildman–Crippen LogP) is 15.1. The second-order valence-corrected chi connectivity index (χ2v) is 14.1. The van der Waals surface area contributed by atoms with Crippen molar-refractivity contribution in [2.75, 3.05) is 4.90 Å². The van der Waals surface area contributed by atoms with Gasteiger partial charge in [-0.15, -0.1) is 0 Å². The van der Waals surface area contributed by atoms with E-state index < -0.39 is 0 Å². The molecule has 2 heterocycles. The second kappa shape index (κ2) is 12.6. The van der Waals surface area contributed by atoms with Gasteiger partial charge in [-0.3, -0.25) is 0 Å². The van der Waals surface area contributed by atoms with Gasteiger partial charge in [-0.1, -0.05) is 146 Å². The van der Waals surface area contributed by atoms with Crippen molar-refractivity contribution in [3.05, 3.63) is 200 Å². The van der Waals surface area contributed by atoms with Gasteiger partial charge in [0.05, 0.1) is 5.69 Å². The van der Waals surface area contributed by atoms with Crippen LogP contribution in [0.1, 0.15) is 0 Å². The van der Waals surface area contributed by atoms with Crippen molar-refractivity contribution in [3.8, 4) is 33.4 Å². The number of hydrogen-bond donors (Lipinski definition) is 0. The summed E-state index contributed by atoms with van der Waals surface area (Å²) in [6, 6.07) is 71.0. The number of nitrogens with zero attached hydrogens (tertiary/aromatic N) is 1. The summed E-state index contributed by atoms with van der Waals surface area (Å²) in [5, 5.41) is 6.60. The van der Waals surface area contributed by atoms with Crippen molar-refractivity contribution in [1.82, 2.24) is 0 Å². The normalized spacial score (nSPS) is 11.6. The summed E-state index contributed by atoms with van der Waals surface area (Å²) in [5.41, 5.74) is 13.5. The average Bonchev–Trinajstić information content (AvgIpc) is 3.83. The van der Waals surface area contributed by atoms with Gasteiger partial charge in [0.15, 0.2) is 0 Å². The number of rotatable bonds is 6. The van der Waals surface area contributed by atoms with Gasteiger partial charge < -0.3 is 13.7 Å². The number of anilines is 3. The molecule has 0 saturated heterocycles. The minimum absolute atomic E-state index is 0.829. The first kappa shape index (κ1) is 31.2. The van der Waals surface area contributed by atoms with E-state index in [4.69, 9.17) is 8.83 Å². The number of furan rings is 2. The predicted molar refractivity (Wildman–Crippen MR) is 229 cm³/mol. The molecule has 0 N–H and O–H groups in total. The van der Waals surface area contributed by atoms with E-state index >= 15 is 0 Å². The van der Waals surface area contributed by atoms with Crippen molar-refractivity contribution in [2.45, 2.75) is 0 Å². The molecular weight excluding hydrogens is 671 g/mol. The fourth-order valence-corrected chi connectivity index (χ4v) is 8.30. The molecule has 3 heteroatoms. The monoisotopic (exact) mass is 703 g/mol. The molecule has 0 spiro atoms. The van der Waals surface area contributed by atoms with E-state index in [9.17, 15) is 0 Å². The third-order valence-corrected chi connectivity index (χ3v) is 10.8. The lowest BCUT2D eigenvalue weighted by atomic mass is 9.96. The summed E-state index contributed by atoms with van der Waals surface area (Å²) in [5.74, 6) is 0. The Morgan fingerprint density at radius 3 is 1.38 bits per heavy atom. The van der Waals surface area contributed by atoms with Crippen LogP contribution in [-0.4, -0.2) is 0 Å². The maximum absolute atomic E-state index is 6.84. The molecule has 11 aromatic rings. The van der Waals surface area contributed by atoms with E-state index in [2.05, 4.69) is 181 Å². The maximum atomic E-state index is 6.84. The number of hydrogen-bond acceptors (Lipinski definition) is 3. The molecule has 0 radical (unpaired) electrons. The second-order valence-electron chi connectivity index (χ2n) is 14.1. The molecule has 0 aliphatic rings. The molecule has 0 unspecified atom stereocenters. The topological polar surface area (TPSA) is 29.5 Å². The molecule has 11 rings (SSSR count). The maximum Gasteiger partial charge on any atom is 0.138 e. The molecule has 9 aromatic carbocycles. The summed E-state index contributed by atoms with van der Waals surface area (Å²) >= 11 is 0. The van der Waals surface area contributed by atoms with Crippen LogP contribution in [0.15, 0.2) is 209 Å². The summed E-state index contributed by atoms with van der Waals surface area (Å²) in [4.78, 5) is 2.39. The lowest BCUT2D eigenvalue weighted by Gasteiger charge is -2.28. The molecule has 2 aromatic heterocycles. The summed E-state index contributed by atoms with van der Waals surface area (Å²) in [6.45, 7) is 0. The van der Waals surface area contributed by atoms with Crippen molar-refractivity contribution >= 4 is 71.7 Å². The molecule has 55 heavy (non-hydrogen) atoms. The van der Waals surface area contributed by atoms with Gasteiger partial charge in [0, 0.05) is 44.4 Å². The van der Waals surface area contributed by atoms with E-state index in [1.54, 1.807) is 0 Å². The summed E-state index contributed by atoms with van der Waals surface area (Å²) < 4.78 is 13.2. The Morgan fingerprint density at radius 2 is 0.745 bits per heavy atom. The first-order chi connectivity index (χ1) is 27.3. The lowest BCUT2D eigenvalue weighted by molar-refractivity contribution is 0.663. The van der Waals surface area contributed by atoms with Gasteiger partial charge in [0.25, 0.3) is 0 Å². The highest BCUT2D eigenvalue weighted by atomic mass is 16.3. The zero-order valence-electron chi connectivity index (χ0n) is 29.8. The smallest absolute Gasteiger partial charge is 0.138 e. The fourth-order valence-electron chi connectivity index (χ4n) is 8.30. The van der Waals surface area contributed by atoms with Crippen molar-refractivity contribution in [1.29, 1.82) is 0 Å². The Hall–Kier alpha value is -7.36. The molecule has 0 fully saturated rings. The molecule has 0 bridgehead atoms. The van der Waals surface area contributed by atoms with Crippen LogP contribution in [0.2, 0.25) is 0 Å². The van der Waals surface area contributed by atoms with E-state index in [-0.39, 0.29) is 0 Å². The first-order valence-electron chi connectivity index (χ1n) is 18.7. The van der Waals surface area contributed by atoms with Crippen LogP contribution >= 0.6 is 0 Å². The van der Waals surface area contributed by atoms with Crippen LogP contribution in [0.3, 0.4) is 0 Å². The SMILES string of the molecule is c1ccc(-c2ccc(N(c3cc(-c4ccccc4)cc(-c4ccccc4)c3)c3cc4oc5ccc6oc7ccccc7c6c5c4c4ccccc34)cc2)cc1. The van der Waals surface area contributed by atoms with Crippen LogP contribution < -0.4 is 4.90 Å². The first-order valence-corrected chi connectivity index (χ1v) is 18.7. The quantitative estimate of drug-likeness (QED) is 0.173. The zero-order valence-corrected chi connectivity index (χ0v) is 29.8. The van der Waals surface area contributed by atoms with Gasteiger partial charge >= 0.3 is 0 Å². The third-order valence-electron chi connectivity index (χ3n) is 10.8. The van der Waals surface area contributed by atoms with Crippen molar-refractivity contribution in [3.63, 3.8) is 0 Å². The van der Waals surface area contributed by atoms with Crippen LogP contribution in [0.4, 0.5) is 17.1 Å². The Morgan fingerprint density at radius 1 is 0.273 bits per heavy atom. The van der Waals surface area contributed by atoms with E-state index in [0.717, 1.165) is 94.0 Å². The molecule has 0 amide bonds. The van der Waals surface area contributed by atoms with Crippen LogP contribution in [0.5, 0.6) is 0 Å². The van der Waals surface area contributed by atoms with Gasteiger partial charge in [-0.2, -0.15) is 0 Å². The number of para-hydroxylation sites is 1. The minimum atomic E-state index is 0.829. The highest BCUT2D eigenvalue weighted by Gasteiger charge is 2.23. The zero-order chi connectivity index (χ0) is 36.3. The Kier molecular flexibility index (Phi) is 7.17. The molecule has 0 aliphatic heterocycles. The van der Waals surface area contributed by atoms with E-state index in [0.29, 0.717) is 0 Å². The minimum Gasteiger partial charge on any atom is -0.456 e. The lowest BCUT2D eigenvalue weighted by Crippen LogP contribution is -2.11. The molecule has 0 saturated carbocycles. The average molecular weight is 704 g/mol. The Labute approximate surface area is 317 Å². The highest BCUT2D eigenvalue weighted by molar-refractivity contribution is 6.32. The largest absolute Gasteiger partial charge is 0.456 e. The van der Waals surface area contributed by atoms with Crippen LogP contribution in [0, 0.1) is 0 Å². The summed E-state index contributed by atoms with van der Waals surface area (Å²) in [7, 11) is 0. The highest BCUT2D eigenvalue weighted by Crippen LogP contribution is 2.48.